The van der Waals surface area contributed by atoms with Crippen LogP contribution < -0.4 is 20.1 Å². The molecule has 0 radical (unpaired) electrons. The van der Waals surface area contributed by atoms with Crippen molar-refractivity contribution in [1.29, 1.82) is 0 Å². The molecule has 6 nitrogen and oxygen atoms in total. The monoisotopic (exact) mass is 470 g/mol. The predicted octanol–water partition coefficient (Wildman–Crippen LogP) is 3.36. The van der Waals surface area contributed by atoms with E-state index < -0.39 is 0 Å². The van der Waals surface area contributed by atoms with E-state index in [1.165, 1.54) is 0 Å². The van der Waals surface area contributed by atoms with Crippen molar-refractivity contribution in [2.75, 3.05) is 20.3 Å². The standard InChI is InChI=1S/C19H26N4O2.HI/c1-4-20-19(22-13-15-10-11-18(24-3)21-12-15)23-14-16-8-6-7-9-17(16)25-5-2;/h6-12H,4-5,13-14H2,1-3H3,(H2,20,22,23);1H. The number of nitrogens with zero attached hydrogens (tertiary/aromatic N) is 2. The van der Waals surface area contributed by atoms with Crippen molar-refractivity contribution in [3.8, 4) is 11.6 Å². The van der Waals surface area contributed by atoms with Gasteiger partial charge in [-0.15, -0.1) is 24.0 Å². The number of benzene rings is 1. The third-order valence-corrected chi connectivity index (χ3v) is 3.49. The van der Waals surface area contributed by atoms with Gasteiger partial charge in [-0.1, -0.05) is 24.3 Å². The first kappa shape index (κ1) is 22.0. The molecule has 0 fully saturated rings. The van der Waals surface area contributed by atoms with Crippen molar-refractivity contribution >= 4 is 29.9 Å². The van der Waals surface area contributed by atoms with Gasteiger partial charge >= 0.3 is 0 Å². The molecule has 2 aromatic rings. The lowest BCUT2D eigenvalue weighted by molar-refractivity contribution is 0.336. The highest BCUT2D eigenvalue weighted by molar-refractivity contribution is 14.0. The van der Waals surface area contributed by atoms with Gasteiger partial charge in [0.05, 0.1) is 20.3 Å². The van der Waals surface area contributed by atoms with E-state index in [1.807, 2.05) is 44.2 Å². The topological polar surface area (TPSA) is 67.8 Å². The Morgan fingerprint density at radius 2 is 1.92 bits per heavy atom. The molecule has 0 amide bonds. The smallest absolute Gasteiger partial charge is 0.212 e. The van der Waals surface area contributed by atoms with Gasteiger partial charge in [-0.2, -0.15) is 0 Å². The minimum absolute atomic E-state index is 0. The maximum Gasteiger partial charge on any atom is 0.212 e. The van der Waals surface area contributed by atoms with Crippen LogP contribution in [-0.4, -0.2) is 31.2 Å². The SMILES string of the molecule is CCNC(=NCc1ccc(OC)nc1)NCc1ccccc1OCC.I. The second-order valence-corrected chi connectivity index (χ2v) is 5.30. The zero-order valence-corrected chi connectivity index (χ0v) is 17.8. The van der Waals surface area contributed by atoms with Gasteiger partial charge in [0, 0.05) is 30.9 Å². The minimum atomic E-state index is 0. The lowest BCUT2D eigenvalue weighted by Crippen LogP contribution is -2.36. The van der Waals surface area contributed by atoms with E-state index >= 15 is 0 Å². The maximum absolute atomic E-state index is 5.66. The summed E-state index contributed by atoms with van der Waals surface area (Å²) in [7, 11) is 1.60. The summed E-state index contributed by atoms with van der Waals surface area (Å²) in [5, 5.41) is 6.59. The van der Waals surface area contributed by atoms with E-state index in [1.54, 1.807) is 13.3 Å². The first-order chi connectivity index (χ1) is 12.3. The van der Waals surface area contributed by atoms with E-state index in [2.05, 4.69) is 26.7 Å². The second kappa shape index (κ2) is 12.3. The molecule has 0 aliphatic rings. The molecule has 142 valence electrons. The molecule has 0 aliphatic heterocycles. The molecule has 0 bridgehead atoms. The Hall–Kier alpha value is -2.03. The third-order valence-electron chi connectivity index (χ3n) is 3.49. The highest BCUT2D eigenvalue weighted by Gasteiger charge is 2.04. The van der Waals surface area contributed by atoms with Gasteiger partial charge in [0.2, 0.25) is 5.88 Å². The second-order valence-electron chi connectivity index (χ2n) is 5.30. The molecule has 1 heterocycles. The molecular formula is C19H27IN4O2. The molecule has 7 heteroatoms. The number of nitrogens with one attached hydrogen (secondary N) is 2. The largest absolute Gasteiger partial charge is 0.494 e. The summed E-state index contributed by atoms with van der Waals surface area (Å²) in [6.45, 7) is 6.65. The molecular weight excluding hydrogens is 443 g/mol. The molecule has 0 saturated heterocycles. The van der Waals surface area contributed by atoms with Gasteiger partial charge in [-0.05, 0) is 25.5 Å². The Bertz CT molecular complexity index is 677. The molecule has 26 heavy (non-hydrogen) atoms. The number of methoxy groups -OCH3 is 1. The minimum Gasteiger partial charge on any atom is -0.494 e. The maximum atomic E-state index is 5.66. The third kappa shape index (κ3) is 7.07. The molecule has 2 rings (SSSR count). The number of ether oxygens (including phenoxy) is 2. The number of para-hydroxylation sites is 1. The molecule has 1 aromatic carbocycles. The normalized spacial score (nSPS) is 10.7. The number of aliphatic imine (C=N–C) groups is 1. The summed E-state index contributed by atoms with van der Waals surface area (Å²) in [4.78, 5) is 8.80. The summed E-state index contributed by atoms with van der Waals surface area (Å²) in [6.07, 6.45) is 1.77. The van der Waals surface area contributed by atoms with Gasteiger partial charge in [-0.25, -0.2) is 9.98 Å². The van der Waals surface area contributed by atoms with E-state index in [9.17, 15) is 0 Å². The zero-order valence-electron chi connectivity index (χ0n) is 15.5. The van der Waals surface area contributed by atoms with Crippen LogP contribution in [0, 0.1) is 0 Å². The highest BCUT2D eigenvalue weighted by Crippen LogP contribution is 2.17. The van der Waals surface area contributed by atoms with Crippen LogP contribution >= 0.6 is 24.0 Å². The predicted molar refractivity (Wildman–Crippen MR) is 115 cm³/mol. The van der Waals surface area contributed by atoms with E-state index in [0.717, 1.165) is 29.4 Å². The van der Waals surface area contributed by atoms with Gasteiger partial charge in [0.1, 0.15) is 5.75 Å². The fraction of sp³-hybridized carbons (Fsp3) is 0.368. The Morgan fingerprint density at radius 1 is 1.12 bits per heavy atom. The molecule has 2 N–H and O–H groups in total. The van der Waals surface area contributed by atoms with Crippen molar-refractivity contribution in [3.63, 3.8) is 0 Å². The van der Waals surface area contributed by atoms with Crippen molar-refractivity contribution in [1.82, 2.24) is 15.6 Å². The Labute approximate surface area is 172 Å². The Balaban J connectivity index is 0.00000338. The lowest BCUT2D eigenvalue weighted by Gasteiger charge is -2.14. The Morgan fingerprint density at radius 3 is 2.58 bits per heavy atom. The number of hydrogen-bond acceptors (Lipinski definition) is 4. The molecule has 1 aromatic heterocycles. The molecule has 0 atom stereocenters. The average Bonchev–Trinajstić information content (AvgIpc) is 2.65. The van der Waals surface area contributed by atoms with Crippen molar-refractivity contribution in [2.24, 2.45) is 4.99 Å². The van der Waals surface area contributed by atoms with Gasteiger partial charge in [-0.3, -0.25) is 0 Å². The van der Waals surface area contributed by atoms with Crippen LogP contribution in [0.5, 0.6) is 11.6 Å². The number of rotatable bonds is 8. The van der Waals surface area contributed by atoms with Crippen LogP contribution in [-0.2, 0) is 13.1 Å². The number of hydrogen-bond donors (Lipinski definition) is 2. The van der Waals surface area contributed by atoms with Gasteiger partial charge in [0.15, 0.2) is 5.96 Å². The molecule has 0 unspecified atom stereocenters. The van der Waals surface area contributed by atoms with Gasteiger partial charge in [0.25, 0.3) is 0 Å². The average molecular weight is 470 g/mol. The van der Waals surface area contributed by atoms with Crippen molar-refractivity contribution in [3.05, 3.63) is 53.7 Å². The van der Waals surface area contributed by atoms with E-state index in [0.29, 0.717) is 25.6 Å². The van der Waals surface area contributed by atoms with Crippen LogP contribution in [0.4, 0.5) is 0 Å². The van der Waals surface area contributed by atoms with Crippen LogP contribution in [0.1, 0.15) is 25.0 Å². The fourth-order valence-electron chi connectivity index (χ4n) is 2.26. The van der Waals surface area contributed by atoms with Crippen molar-refractivity contribution in [2.45, 2.75) is 26.9 Å². The van der Waals surface area contributed by atoms with Crippen LogP contribution in [0.25, 0.3) is 0 Å². The highest BCUT2D eigenvalue weighted by atomic mass is 127. The first-order valence-electron chi connectivity index (χ1n) is 8.48. The van der Waals surface area contributed by atoms with Crippen LogP contribution in [0.3, 0.4) is 0 Å². The summed E-state index contributed by atoms with van der Waals surface area (Å²) in [6, 6.07) is 11.8. The summed E-state index contributed by atoms with van der Waals surface area (Å²) in [5.41, 5.74) is 2.12. The lowest BCUT2D eigenvalue weighted by atomic mass is 10.2. The van der Waals surface area contributed by atoms with Crippen molar-refractivity contribution < 1.29 is 9.47 Å². The quantitative estimate of drug-likeness (QED) is 0.352. The number of aromatic nitrogens is 1. The molecule has 0 saturated carbocycles. The van der Waals surface area contributed by atoms with E-state index in [-0.39, 0.29) is 24.0 Å². The number of pyridine rings is 1. The summed E-state index contributed by atoms with van der Waals surface area (Å²) >= 11 is 0. The van der Waals surface area contributed by atoms with Crippen LogP contribution in [0.2, 0.25) is 0 Å². The Kier molecular flexibility index (Phi) is 10.5. The van der Waals surface area contributed by atoms with E-state index in [4.69, 9.17) is 9.47 Å². The molecule has 0 aliphatic carbocycles. The van der Waals surface area contributed by atoms with Crippen LogP contribution in [0.15, 0.2) is 47.6 Å². The zero-order chi connectivity index (χ0) is 17.9. The fourth-order valence-corrected chi connectivity index (χ4v) is 2.26. The summed E-state index contributed by atoms with van der Waals surface area (Å²) < 4.78 is 10.7. The first-order valence-corrected chi connectivity index (χ1v) is 8.48. The molecule has 0 spiro atoms. The van der Waals surface area contributed by atoms with Gasteiger partial charge < -0.3 is 20.1 Å². The summed E-state index contributed by atoms with van der Waals surface area (Å²) in [5.74, 6) is 2.25. The number of guanidine groups is 1. The number of halogens is 1.